The Morgan fingerprint density at radius 1 is 1.15 bits per heavy atom. The number of benzene rings is 2. The quantitative estimate of drug-likeness (QED) is 0.701. The number of nitrogens with one attached hydrogen (secondary N) is 1. The third kappa shape index (κ3) is 4.06. The molecule has 6 nitrogen and oxygen atoms in total. The first-order valence-corrected chi connectivity index (χ1v) is 8.71. The molecule has 0 saturated heterocycles. The van der Waals surface area contributed by atoms with Crippen LogP contribution in [0.15, 0.2) is 48.7 Å². The van der Waals surface area contributed by atoms with Crippen molar-refractivity contribution in [3.8, 4) is 17.2 Å². The first-order valence-electron chi connectivity index (χ1n) is 8.33. The predicted molar refractivity (Wildman–Crippen MR) is 104 cm³/mol. The van der Waals surface area contributed by atoms with E-state index < -0.39 is 0 Å². The molecule has 0 aliphatic rings. The van der Waals surface area contributed by atoms with Crippen molar-refractivity contribution in [2.75, 3.05) is 14.2 Å². The summed E-state index contributed by atoms with van der Waals surface area (Å²) in [5.41, 5.74) is 2.96. The summed E-state index contributed by atoms with van der Waals surface area (Å²) in [6.07, 6.45) is 1.56. The predicted octanol–water partition coefficient (Wildman–Crippen LogP) is 3.78. The highest BCUT2D eigenvalue weighted by atomic mass is 35.5. The van der Waals surface area contributed by atoms with Crippen molar-refractivity contribution in [1.29, 1.82) is 0 Å². The maximum atomic E-state index is 12.6. The van der Waals surface area contributed by atoms with Gasteiger partial charge < -0.3 is 14.8 Å². The minimum atomic E-state index is -0.199. The first-order chi connectivity index (χ1) is 13.0. The Labute approximate surface area is 162 Å². The molecule has 1 amide bonds. The van der Waals surface area contributed by atoms with Gasteiger partial charge in [-0.15, -0.1) is 0 Å². The van der Waals surface area contributed by atoms with Crippen LogP contribution in [0, 0.1) is 6.92 Å². The molecule has 7 heteroatoms. The van der Waals surface area contributed by atoms with Gasteiger partial charge in [0.25, 0.3) is 5.91 Å². The zero-order chi connectivity index (χ0) is 19.4. The molecule has 0 radical (unpaired) electrons. The van der Waals surface area contributed by atoms with Crippen LogP contribution in [0.1, 0.15) is 21.6 Å². The number of carbonyl (C=O) groups excluding carboxylic acids is 1. The second-order valence-electron chi connectivity index (χ2n) is 5.91. The smallest absolute Gasteiger partial charge is 0.255 e. The summed E-state index contributed by atoms with van der Waals surface area (Å²) in [4.78, 5) is 12.6. The molecule has 1 N–H and O–H groups in total. The Balaban J connectivity index is 1.74. The number of rotatable bonds is 6. The van der Waals surface area contributed by atoms with Gasteiger partial charge in [-0.2, -0.15) is 5.10 Å². The lowest BCUT2D eigenvalue weighted by Crippen LogP contribution is -2.23. The third-order valence-corrected chi connectivity index (χ3v) is 4.44. The van der Waals surface area contributed by atoms with E-state index >= 15 is 0 Å². The molecule has 0 aliphatic carbocycles. The molecule has 0 fully saturated rings. The summed E-state index contributed by atoms with van der Waals surface area (Å²) in [6.45, 7) is 2.21. The fourth-order valence-corrected chi connectivity index (χ4v) is 2.95. The van der Waals surface area contributed by atoms with E-state index in [9.17, 15) is 4.79 Å². The Hall–Kier alpha value is -2.99. The van der Waals surface area contributed by atoms with Crippen LogP contribution in [-0.2, 0) is 6.54 Å². The van der Waals surface area contributed by atoms with Crippen molar-refractivity contribution in [1.82, 2.24) is 15.1 Å². The summed E-state index contributed by atoms with van der Waals surface area (Å²) < 4.78 is 12.2. The van der Waals surface area contributed by atoms with E-state index in [0.717, 1.165) is 16.9 Å². The Kier molecular flexibility index (Phi) is 5.66. The van der Waals surface area contributed by atoms with Crippen LogP contribution in [0.25, 0.3) is 5.69 Å². The molecule has 3 rings (SSSR count). The second-order valence-corrected chi connectivity index (χ2v) is 6.34. The molecule has 1 heterocycles. The average Bonchev–Trinajstić information content (AvgIpc) is 3.07. The number of methoxy groups -OCH3 is 2. The van der Waals surface area contributed by atoms with Gasteiger partial charge in [-0.3, -0.25) is 4.79 Å². The van der Waals surface area contributed by atoms with Crippen molar-refractivity contribution in [2.45, 2.75) is 13.5 Å². The van der Waals surface area contributed by atoms with Gasteiger partial charge in [0.2, 0.25) is 0 Å². The van der Waals surface area contributed by atoms with Crippen LogP contribution >= 0.6 is 11.6 Å². The van der Waals surface area contributed by atoms with Crippen LogP contribution in [-0.4, -0.2) is 29.9 Å². The highest BCUT2D eigenvalue weighted by Crippen LogP contribution is 2.27. The molecule has 27 heavy (non-hydrogen) atoms. The number of hydrogen-bond donors (Lipinski definition) is 1. The lowest BCUT2D eigenvalue weighted by molar-refractivity contribution is 0.0950. The highest BCUT2D eigenvalue weighted by molar-refractivity contribution is 6.30. The summed E-state index contributed by atoms with van der Waals surface area (Å²) in [5, 5.41) is 7.83. The number of amides is 1. The number of halogens is 1. The standard InChI is InChI=1S/C20H20ClN3O3/c1-13-17(12-23-24(13)16-6-4-5-15(21)10-16)20(25)22-11-14-7-8-18(26-2)19(9-14)27-3/h4-10,12H,11H2,1-3H3,(H,22,25). The van der Waals surface area contributed by atoms with Crippen LogP contribution < -0.4 is 14.8 Å². The zero-order valence-electron chi connectivity index (χ0n) is 15.3. The van der Waals surface area contributed by atoms with Gasteiger partial charge in [-0.05, 0) is 42.8 Å². The maximum absolute atomic E-state index is 12.6. The molecule has 0 aliphatic heterocycles. The molecular weight excluding hydrogens is 366 g/mol. The Morgan fingerprint density at radius 3 is 2.63 bits per heavy atom. The van der Waals surface area contributed by atoms with E-state index in [1.165, 1.54) is 0 Å². The maximum Gasteiger partial charge on any atom is 0.255 e. The van der Waals surface area contributed by atoms with Gasteiger partial charge in [0, 0.05) is 11.6 Å². The third-order valence-electron chi connectivity index (χ3n) is 4.21. The van der Waals surface area contributed by atoms with E-state index in [4.69, 9.17) is 21.1 Å². The van der Waals surface area contributed by atoms with Crippen LogP contribution in [0.2, 0.25) is 5.02 Å². The highest BCUT2D eigenvalue weighted by Gasteiger charge is 2.15. The van der Waals surface area contributed by atoms with Gasteiger partial charge in [0.15, 0.2) is 11.5 Å². The van der Waals surface area contributed by atoms with Crippen molar-refractivity contribution in [3.05, 3.63) is 70.5 Å². The van der Waals surface area contributed by atoms with E-state index in [1.807, 2.05) is 37.3 Å². The normalized spacial score (nSPS) is 10.5. The fraction of sp³-hybridized carbons (Fsp3) is 0.200. The molecule has 140 valence electrons. The van der Waals surface area contributed by atoms with Gasteiger partial charge in [-0.1, -0.05) is 23.7 Å². The summed E-state index contributed by atoms with van der Waals surface area (Å²) >= 11 is 6.04. The molecule has 2 aromatic carbocycles. The van der Waals surface area contributed by atoms with E-state index in [-0.39, 0.29) is 5.91 Å². The number of aromatic nitrogens is 2. The topological polar surface area (TPSA) is 65.4 Å². The molecule has 3 aromatic rings. The minimum absolute atomic E-state index is 0.199. The summed E-state index contributed by atoms with van der Waals surface area (Å²) in [7, 11) is 3.16. The molecule has 0 bridgehead atoms. The second kappa shape index (κ2) is 8.14. The lowest BCUT2D eigenvalue weighted by atomic mass is 10.2. The number of nitrogens with zero attached hydrogens (tertiary/aromatic N) is 2. The molecule has 0 spiro atoms. The molecule has 0 atom stereocenters. The fourth-order valence-electron chi connectivity index (χ4n) is 2.77. The van der Waals surface area contributed by atoms with E-state index in [1.54, 1.807) is 37.2 Å². The lowest BCUT2D eigenvalue weighted by Gasteiger charge is -2.10. The van der Waals surface area contributed by atoms with Crippen LogP contribution in [0.4, 0.5) is 0 Å². The first kappa shape index (κ1) is 18.8. The van der Waals surface area contributed by atoms with Crippen LogP contribution in [0.5, 0.6) is 11.5 Å². The van der Waals surface area contributed by atoms with Gasteiger partial charge in [0.05, 0.1) is 37.4 Å². The van der Waals surface area contributed by atoms with Crippen molar-refractivity contribution >= 4 is 17.5 Å². The molecule has 0 saturated carbocycles. The molecule has 1 aromatic heterocycles. The Bertz CT molecular complexity index is 969. The number of carbonyl (C=O) groups is 1. The van der Waals surface area contributed by atoms with E-state index in [0.29, 0.717) is 28.6 Å². The summed E-state index contributed by atoms with van der Waals surface area (Å²) in [6, 6.07) is 12.8. The zero-order valence-corrected chi connectivity index (χ0v) is 16.1. The van der Waals surface area contributed by atoms with Gasteiger partial charge in [-0.25, -0.2) is 4.68 Å². The van der Waals surface area contributed by atoms with E-state index in [2.05, 4.69) is 10.4 Å². The molecular formula is C20H20ClN3O3. The van der Waals surface area contributed by atoms with Crippen molar-refractivity contribution in [2.24, 2.45) is 0 Å². The van der Waals surface area contributed by atoms with Crippen molar-refractivity contribution in [3.63, 3.8) is 0 Å². The van der Waals surface area contributed by atoms with Gasteiger partial charge in [0.1, 0.15) is 0 Å². The monoisotopic (exact) mass is 385 g/mol. The number of ether oxygens (including phenoxy) is 2. The number of hydrogen-bond acceptors (Lipinski definition) is 4. The van der Waals surface area contributed by atoms with Gasteiger partial charge >= 0.3 is 0 Å². The average molecular weight is 386 g/mol. The SMILES string of the molecule is COc1ccc(CNC(=O)c2cnn(-c3cccc(Cl)c3)c2C)cc1OC. The largest absolute Gasteiger partial charge is 0.493 e. The summed E-state index contributed by atoms with van der Waals surface area (Å²) in [5.74, 6) is 1.07. The Morgan fingerprint density at radius 2 is 1.93 bits per heavy atom. The van der Waals surface area contributed by atoms with Crippen molar-refractivity contribution < 1.29 is 14.3 Å². The molecule has 0 unspecified atom stereocenters. The van der Waals surface area contributed by atoms with Crippen LogP contribution in [0.3, 0.4) is 0 Å². The minimum Gasteiger partial charge on any atom is -0.493 e.